The monoisotopic (exact) mass is 247 g/mol. The smallest absolute Gasteiger partial charge is 0.117 e. The van der Waals surface area contributed by atoms with Gasteiger partial charge in [0.15, 0.2) is 0 Å². The SMILES string of the molecule is CNC(C)CCSc1ncnc2ccccc12. The Balaban J connectivity index is 2.08. The van der Waals surface area contributed by atoms with E-state index in [4.69, 9.17) is 0 Å². The summed E-state index contributed by atoms with van der Waals surface area (Å²) in [6.07, 6.45) is 2.78. The largest absolute Gasteiger partial charge is 0.317 e. The van der Waals surface area contributed by atoms with Crippen molar-refractivity contribution in [3.05, 3.63) is 30.6 Å². The Kier molecular flexibility index (Phi) is 4.34. The van der Waals surface area contributed by atoms with E-state index in [1.165, 1.54) is 0 Å². The summed E-state index contributed by atoms with van der Waals surface area (Å²) in [5.74, 6) is 1.07. The number of rotatable bonds is 5. The lowest BCUT2D eigenvalue weighted by Gasteiger charge is -2.09. The summed E-state index contributed by atoms with van der Waals surface area (Å²) in [5.41, 5.74) is 1.02. The van der Waals surface area contributed by atoms with Gasteiger partial charge in [-0.15, -0.1) is 11.8 Å². The molecule has 3 nitrogen and oxygen atoms in total. The van der Waals surface area contributed by atoms with Crippen molar-refractivity contribution in [2.75, 3.05) is 12.8 Å². The molecule has 1 N–H and O–H groups in total. The van der Waals surface area contributed by atoms with Crippen LogP contribution in [0.2, 0.25) is 0 Å². The summed E-state index contributed by atoms with van der Waals surface area (Å²) in [4.78, 5) is 8.63. The molecule has 1 atom stereocenters. The summed E-state index contributed by atoms with van der Waals surface area (Å²) in [5, 5.41) is 5.47. The first-order valence-corrected chi connectivity index (χ1v) is 6.79. The molecule has 4 heteroatoms. The average Bonchev–Trinajstić information content (AvgIpc) is 2.39. The Morgan fingerprint density at radius 3 is 2.94 bits per heavy atom. The number of fused-ring (bicyclic) bond motifs is 1. The minimum absolute atomic E-state index is 0.551. The van der Waals surface area contributed by atoms with E-state index in [9.17, 15) is 0 Å². The molecule has 1 heterocycles. The van der Waals surface area contributed by atoms with Gasteiger partial charge in [-0.1, -0.05) is 18.2 Å². The topological polar surface area (TPSA) is 37.8 Å². The summed E-state index contributed by atoms with van der Waals surface area (Å²) in [7, 11) is 2.00. The van der Waals surface area contributed by atoms with Crippen LogP contribution in [0.25, 0.3) is 10.9 Å². The highest BCUT2D eigenvalue weighted by Gasteiger charge is 2.04. The third-order valence-electron chi connectivity index (χ3n) is 2.79. The van der Waals surface area contributed by atoms with Gasteiger partial charge < -0.3 is 5.32 Å². The van der Waals surface area contributed by atoms with Gasteiger partial charge in [0.2, 0.25) is 0 Å². The molecule has 17 heavy (non-hydrogen) atoms. The van der Waals surface area contributed by atoms with Crippen molar-refractivity contribution < 1.29 is 0 Å². The maximum Gasteiger partial charge on any atom is 0.117 e. The van der Waals surface area contributed by atoms with E-state index in [1.807, 2.05) is 25.2 Å². The van der Waals surface area contributed by atoms with Crippen LogP contribution in [0, 0.1) is 0 Å². The molecular formula is C13H17N3S. The highest BCUT2D eigenvalue weighted by molar-refractivity contribution is 7.99. The fourth-order valence-corrected chi connectivity index (χ4v) is 2.69. The molecule has 1 aromatic carbocycles. The van der Waals surface area contributed by atoms with Gasteiger partial charge >= 0.3 is 0 Å². The molecule has 1 aromatic heterocycles. The van der Waals surface area contributed by atoms with Crippen LogP contribution < -0.4 is 5.32 Å². The molecule has 2 rings (SSSR count). The van der Waals surface area contributed by atoms with Crippen molar-refractivity contribution in [1.82, 2.24) is 15.3 Å². The zero-order chi connectivity index (χ0) is 12.1. The predicted octanol–water partition coefficient (Wildman–Crippen LogP) is 2.72. The van der Waals surface area contributed by atoms with Crippen LogP contribution in [0.4, 0.5) is 0 Å². The van der Waals surface area contributed by atoms with E-state index in [1.54, 1.807) is 18.1 Å². The van der Waals surface area contributed by atoms with Crippen LogP contribution in [-0.4, -0.2) is 28.8 Å². The number of para-hydroxylation sites is 1. The van der Waals surface area contributed by atoms with Crippen molar-refractivity contribution in [1.29, 1.82) is 0 Å². The molecule has 0 amide bonds. The van der Waals surface area contributed by atoms with Crippen molar-refractivity contribution >= 4 is 22.7 Å². The van der Waals surface area contributed by atoms with E-state index >= 15 is 0 Å². The van der Waals surface area contributed by atoms with Crippen LogP contribution in [0.15, 0.2) is 35.6 Å². The quantitative estimate of drug-likeness (QED) is 0.651. The maximum atomic E-state index is 4.36. The zero-order valence-electron chi connectivity index (χ0n) is 10.2. The molecule has 0 radical (unpaired) electrons. The lowest BCUT2D eigenvalue weighted by molar-refractivity contribution is 0.597. The fraction of sp³-hybridized carbons (Fsp3) is 0.385. The number of benzene rings is 1. The molecular weight excluding hydrogens is 230 g/mol. The minimum Gasteiger partial charge on any atom is -0.317 e. The van der Waals surface area contributed by atoms with Gasteiger partial charge in [0, 0.05) is 17.2 Å². The molecule has 90 valence electrons. The van der Waals surface area contributed by atoms with E-state index < -0.39 is 0 Å². The molecule has 0 aliphatic rings. The number of nitrogens with one attached hydrogen (secondary N) is 1. The summed E-state index contributed by atoms with van der Waals surface area (Å²) >= 11 is 1.80. The number of nitrogens with zero attached hydrogens (tertiary/aromatic N) is 2. The van der Waals surface area contributed by atoms with Gasteiger partial charge in [0.05, 0.1) is 5.52 Å². The average molecular weight is 247 g/mol. The van der Waals surface area contributed by atoms with Crippen molar-refractivity contribution in [2.24, 2.45) is 0 Å². The van der Waals surface area contributed by atoms with Crippen molar-refractivity contribution in [3.63, 3.8) is 0 Å². The van der Waals surface area contributed by atoms with E-state index in [0.29, 0.717) is 6.04 Å². The third-order valence-corrected chi connectivity index (χ3v) is 3.83. The molecule has 0 bridgehead atoms. The second kappa shape index (κ2) is 5.98. The fourth-order valence-electron chi connectivity index (χ4n) is 1.57. The Labute approximate surface area is 106 Å². The molecule has 0 spiro atoms. The molecule has 1 unspecified atom stereocenters. The minimum atomic E-state index is 0.551. The Hall–Kier alpha value is -1.13. The van der Waals surface area contributed by atoms with Gasteiger partial charge in [0.25, 0.3) is 0 Å². The Morgan fingerprint density at radius 1 is 1.29 bits per heavy atom. The summed E-state index contributed by atoms with van der Waals surface area (Å²) < 4.78 is 0. The van der Waals surface area contributed by atoms with Crippen LogP contribution in [0.1, 0.15) is 13.3 Å². The van der Waals surface area contributed by atoms with Crippen LogP contribution in [0.5, 0.6) is 0 Å². The molecule has 0 aliphatic heterocycles. The van der Waals surface area contributed by atoms with Crippen LogP contribution >= 0.6 is 11.8 Å². The van der Waals surface area contributed by atoms with Crippen LogP contribution in [-0.2, 0) is 0 Å². The Morgan fingerprint density at radius 2 is 2.12 bits per heavy atom. The normalized spacial score (nSPS) is 12.8. The lowest BCUT2D eigenvalue weighted by Crippen LogP contribution is -2.21. The molecule has 0 saturated carbocycles. The molecule has 2 aromatic rings. The molecule has 0 saturated heterocycles. The molecule has 0 aliphatic carbocycles. The number of aromatic nitrogens is 2. The van der Waals surface area contributed by atoms with E-state index in [-0.39, 0.29) is 0 Å². The van der Waals surface area contributed by atoms with Gasteiger partial charge in [-0.05, 0) is 26.5 Å². The zero-order valence-corrected chi connectivity index (χ0v) is 11.0. The van der Waals surface area contributed by atoms with Gasteiger partial charge in [-0.25, -0.2) is 9.97 Å². The van der Waals surface area contributed by atoms with Crippen LogP contribution in [0.3, 0.4) is 0 Å². The Bertz CT molecular complexity index is 482. The second-order valence-electron chi connectivity index (χ2n) is 4.02. The maximum absolute atomic E-state index is 4.36. The highest BCUT2D eigenvalue weighted by atomic mass is 32.2. The summed E-state index contributed by atoms with van der Waals surface area (Å²) in [6, 6.07) is 8.70. The standard InChI is InChI=1S/C13H17N3S/c1-10(14-2)7-8-17-13-11-5-3-4-6-12(11)15-9-16-13/h3-6,9-10,14H,7-8H2,1-2H3. The van der Waals surface area contributed by atoms with Crippen molar-refractivity contribution in [2.45, 2.75) is 24.4 Å². The van der Waals surface area contributed by atoms with Gasteiger partial charge in [-0.3, -0.25) is 0 Å². The highest BCUT2D eigenvalue weighted by Crippen LogP contribution is 2.24. The first-order valence-electron chi connectivity index (χ1n) is 5.81. The first kappa shape index (κ1) is 12.3. The predicted molar refractivity (Wildman–Crippen MR) is 73.4 cm³/mol. The number of thioether (sulfide) groups is 1. The first-order chi connectivity index (χ1) is 8.31. The van der Waals surface area contributed by atoms with Gasteiger partial charge in [-0.2, -0.15) is 0 Å². The number of hydrogen-bond acceptors (Lipinski definition) is 4. The molecule has 0 fully saturated rings. The van der Waals surface area contributed by atoms with E-state index in [0.717, 1.165) is 28.1 Å². The lowest BCUT2D eigenvalue weighted by atomic mass is 10.2. The summed E-state index contributed by atoms with van der Waals surface area (Å²) in [6.45, 7) is 2.19. The van der Waals surface area contributed by atoms with Crippen molar-refractivity contribution in [3.8, 4) is 0 Å². The van der Waals surface area contributed by atoms with E-state index in [2.05, 4.69) is 28.3 Å². The third kappa shape index (κ3) is 3.17. The second-order valence-corrected chi connectivity index (χ2v) is 5.11. The number of hydrogen-bond donors (Lipinski definition) is 1. The van der Waals surface area contributed by atoms with Gasteiger partial charge in [0.1, 0.15) is 11.4 Å².